The van der Waals surface area contributed by atoms with Gasteiger partial charge in [0.2, 0.25) is 5.82 Å². The number of hydrogen-bond donors (Lipinski definition) is 1. The minimum atomic E-state index is -4.75. The zero-order valence-electron chi connectivity index (χ0n) is 17.2. The number of halogens is 7. The van der Waals surface area contributed by atoms with Gasteiger partial charge in [0.1, 0.15) is 11.6 Å². The summed E-state index contributed by atoms with van der Waals surface area (Å²) < 4.78 is 84.8. The predicted octanol–water partition coefficient (Wildman–Crippen LogP) is 4.50. The van der Waals surface area contributed by atoms with Crippen LogP contribution in [0.25, 0.3) is 0 Å². The Labute approximate surface area is 189 Å². The Bertz CT molecular complexity index is 993. The fourth-order valence-electron chi connectivity index (χ4n) is 3.45. The largest absolute Gasteiger partial charge is 0.495 e. The Balaban J connectivity index is 1.84. The number of hydrogen-bond acceptors (Lipinski definition) is 5. The number of carbonyl (C=O) groups excluding carboxylic acids is 1. The summed E-state index contributed by atoms with van der Waals surface area (Å²) in [6, 6.07) is 1.40. The van der Waals surface area contributed by atoms with E-state index in [1.807, 2.05) is 0 Å². The van der Waals surface area contributed by atoms with Gasteiger partial charge < -0.3 is 10.1 Å². The highest BCUT2D eigenvalue weighted by Crippen LogP contribution is 2.33. The normalized spacial score (nSPS) is 17.5. The number of carbonyl (C=O) groups is 1. The van der Waals surface area contributed by atoms with Gasteiger partial charge in [-0.25, -0.2) is 23.1 Å². The van der Waals surface area contributed by atoms with Crippen molar-refractivity contribution in [1.82, 2.24) is 20.2 Å². The first kappa shape index (κ1) is 25.0. The van der Waals surface area contributed by atoms with Crippen LogP contribution in [0.15, 0.2) is 24.5 Å². The number of piperidine rings is 1. The van der Waals surface area contributed by atoms with Crippen LogP contribution >= 0.6 is 11.6 Å². The molecule has 13 heteroatoms. The second-order valence-electron chi connectivity index (χ2n) is 7.39. The minimum absolute atomic E-state index is 0.0640. The lowest BCUT2D eigenvalue weighted by atomic mass is 10.0. The van der Waals surface area contributed by atoms with Gasteiger partial charge in [0.15, 0.2) is 0 Å². The Morgan fingerprint density at radius 1 is 1.24 bits per heavy atom. The molecular weight excluding hydrogens is 478 g/mol. The van der Waals surface area contributed by atoms with Crippen molar-refractivity contribution in [2.24, 2.45) is 0 Å². The van der Waals surface area contributed by atoms with Crippen LogP contribution in [0.3, 0.4) is 0 Å². The number of rotatable bonds is 6. The van der Waals surface area contributed by atoms with Crippen molar-refractivity contribution in [1.29, 1.82) is 0 Å². The van der Waals surface area contributed by atoms with Crippen LogP contribution in [0.5, 0.6) is 5.75 Å². The molecule has 0 aliphatic carbocycles. The van der Waals surface area contributed by atoms with Crippen LogP contribution in [0.4, 0.5) is 26.3 Å². The van der Waals surface area contributed by atoms with Crippen molar-refractivity contribution in [2.45, 2.75) is 31.0 Å². The van der Waals surface area contributed by atoms with E-state index in [1.54, 1.807) is 4.90 Å². The summed E-state index contributed by atoms with van der Waals surface area (Å²) in [6.45, 7) is -0.405. The summed E-state index contributed by atoms with van der Waals surface area (Å²) in [5.74, 6) is -5.97. The number of benzene rings is 1. The third kappa shape index (κ3) is 5.85. The minimum Gasteiger partial charge on any atom is -0.495 e. The van der Waals surface area contributed by atoms with E-state index in [0.29, 0.717) is 0 Å². The average molecular weight is 497 g/mol. The molecule has 180 valence electrons. The number of likely N-dealkylation sites (tertiary alicyclic amines) is 1. The monoisotopic (exact) mass is 496 g/mol. The zero-order chi connectivity index (χ0) is 24.4. The third-order valence-corrected chi connectivity index (χ3v) is 5.61. The Kier molecular flexibility index (Phi) is 7.37. The molecule has 1 fully saturated rings. The number of aromatic nitrogens is 2. The van der Waals surface area contributed by atoms with Gasteiger partial charge in [0, 0.05) is 50.4 Å². The molecule has 0 spiro atoms. The number of nitrogens with zero attached hydrogens (tertiary/aromatic N) is 3. The maximum absolute atomic E-state index is 14.2. The van der Waals surface area contributed by atoms with E-state index in [-0.39, 0.29) is 36.0 Å². The van der Waals surface area contributed by atoms with Crippen molar-refractivity contribution in [3.63, 3.8) is 0 Å². The maximum atomic E-state index is 14.2. The number of alkyl halides is 5. The molecule has 1 amide bonds. The molecule has 1 N–H and O–H groups in total. The van der Waals surface area contributed by atoms with Gasteiger partial charge in [-0.2, -0.15) is 13.2 Å². The van der Waals surface area contributed by atoms with Gasteiger partial charge in [-0.15, -0.1) is 0 Å². The van der Waals surface area contributed by atoms with Gasteiger partial charge >= 0.3 is 6.18 Å². The lowest BCUT2D eigenvalue weighted by molar-refractivity contribution is -0.145. The second-order valence-corrected chi connectivity index (χ2v) is 7.77. The van der Waals surface area contributed by atoms with E-state index in [0.717, 1.165) is 18.5 Å². The quantitative estimate of drug-likeness (QED) is 0.597. The molecule has 33 heavy (non-hydrogen) atoms. The van der Waals surface area contributed by atoms with Gasteiger partial charge in [-0.1, -0.05) is 11.6 Å². The number of amides is 1. The first-order chi connectivity index (χ1) is 15.4. The Morgan fingerprint density at radius 3 is 2.39 bits per heavy atom. The van der Waals surface area contributed by atoms with Crippen LogP contribution in [-0.2, 0) is 6.18 Å². The molecule has 1 aromatic heterocycles. The van der Waals surface area contributed by atoms with E-state index < -0.39 is 54.1 Å². The molecule has 0 radical (unpaired) electrons. The van der Waals surface area contributed by atoms with Crippen molar-refractivity contribution in [2.75, 3.05) is 26.7 Å². The highest BCUT2D eigenvalue weighted by atomic mass is 35.5. The van der Waals surface area contributed by atoms with Crippen LogP contribution < -0.4 is 10.1 Å². The number of ether oxygens (including phenoxy) is 1. The molecule has 1 unspecified atom stereocenters. The van der Waals surface area contributed by atoms with E-state index in [9.17, 15) is 31.1 Å². The van der Waals surface area contributed by atoms with Gasteiger partial charge in [-0.05, 0) is 12.1 Å². The molecule has 0 bridgehead atoms. The fourth-order valence-corrected chi connectivity index (χ4v) is 3.77. The average Bonchev–Trinajstić information content (AvgIpc) is 2.74. The fraction of sp³-hybridized carbons (Fsp3) is 0.450. The van der Waals surface area contributed by atoms with Gasteiger partial charge in [0.05, 0.1) is 23.7 Å². The molecule has 1 saturated heterocycles. The standard InChI is InChI=1S/C20H19ClF6N4O2/c1-33-14-3-2-12(22)15(16(14)21)17(32)28-10-13(31-6-4-19(23,24)5-7-31)11-8-29-18(30-9-11)20(25,26)27/h2-3,8-9,13H,4-7,10H2,1H3,(H,28,32). The highest BCUT2D eigenvalue weighted by molar-refractivity contribution is 6.35. The van der Waals surface area contributed by atoms with Crippen LogP contribution in [-0.4, -0.2) is 53.4 Å². The van der Waals surface area contributed by atoms with Crippen molar-refractivity contribution in [3.8, 4) is 5.75 Å². The first-order valence-corrected chi connectivity index (χ1v) is 10.1. The van der Waals surface area contributed by atoms with Crippen LogP contribution in [0, 0.1) is 5.82 Å². The van der Waals surface area contributed by atoms with Crippen molar-refractivity contribution >= 4 is 17.5 Å². The lowest BCUT2D eigenvalue weighted by Gasteiger charge is -2.37. The Hall–Kier alpha value is -2.60. The number of nitrogens with one attached hydrogen (secondary N) is 1. The van der Waals surface area contributed by atoms with E-state index in [1.165, 1.54) is 13.2 Å². The summed E-state index contributed by atoms with van der Waals surface area (Å²) in [6.07, 6.45) is -3.82. The summed E-state index contributed by atoms with van der Waals surface area (Å²) >= 11 is 6.04. The topological polar surface area (TPSA) is 67.3 Å². The van der Waals surface area contributed by atoms with Gasteiger partial charge in [0.25, 0.3) is 11.8 Å². The summed E-state index contributed by atoms with van der Waals surface area (Å²) in [4.78, 5) is 20.8. The molecule has 1 aliphatic rings. The lowest BCUT2D eigenvalue weighted by Crippen LogP contribution is -2.45. The smallest absolute Gasteiger partial charge is 0.451 e. The second kappa shape index (κ2) is 9.72. The molecule has 1 aliphatic heterocycles. The van der Waals surface area contributed by atoms with Crippen LogP contribution in [0.1, 0.15) is 40.6 Å². The molecule has 1 aromatic carbocycles. The molecule has 2 heterocycles. The van der Waals surface area contributed by atoms with Crippen molar-refractivity contribution in [3.05, 3.63) is 52.3 Å². The van der Waals surface area contributed by atoms with E-state index in [2.05, 4.69) is 15.3 Å². The molecule has 1 atom stereocenters. The molecular formula is C20H19ClF6N4O2. The summed E-state index contributed by atoms with van der Waals surface area (Å²) in [5, 5.41) is 2.21. The zero-order valence-corrected chi connectivity index (χ0v) is 18.0. The number of methoxy groups -OCH3 is 1. The molecule has 0 saturated carbocycles. The maximum Gasteiger partial charge on any atom is 0.451 e. The Morgan fingerprint density at radius 2 is 1.85 bits per heavy atom. The molecule has 6 nitrogen and oxygen atoms in total. The van der Waals surface area contributed by atoms with Gasteiger partial charge in [-0.3, -0.25) is 9.69 Å². The first-order valence-electron chi connectivity index (χ1n) is 9.74. The highest BCUT2D eigenvalue weighted by Gasteiger charge is 2.38. The van der Waals surface area contributed by atoms with E-state index in [4.69, 9.17) is 16.3 Å². The third-order valence-electron chi connectivity index (χ3n) is 5.24. The van der Waals surface area contributed by atoms with Crippen molar-refractivity contribution < 1.29 is 35.9 Å². The molecule has 3 rings (SSSR count). The predicted molar refractivity (Wildman–Crippen MR) is 106 cm³/mol. The van der Waals surface area contributed by atoms with Crippen LogP contribution in [0.2, 0.25) is 5.02 Å². The molecule has 2 aromatic rings. The summed E-state index contributed by atoms with van der Waals surface area (Å²) in [5.41, 5.74) is -0.311. The SMILES string of the molecule is COc1ccc(F)c(C(=O)NCC(c2cnc(C(F)(F)F)nc2)N2CCC(F)(F)CC2)c1Cl. The van der Waals surface area contributed by atoms with E-state index >= 15 is 0 Å². The summed E-state index contributed by atoms with van der Waals surface area (Å²) in [7, 11) is 1.29.